The summed E-state index contributed by atoms with van der Waals surface area (Å²) in [6, 6.07) is 0. The van der Waals surface area contributed by atoms with E-state index in [1.165, 1.54) is 0 Å². The van der Waals surface area contributed by atoms with Crippen molar-refractivity contribution in [1.82, 2.24) is 0 Å². The van der Waals surface area contributed by atoms with Gasteiger partial charge in [-0.05, 0) is 0 Å². The molecule has 0 aromatic carbocycles. The van der Waals surface area contributed by atoms with Gasteiger partial charge >= 0.3 is 35.7 Å². The second-order valence-corrected chi connectivity index (χ2v) is 5.01. The van der Waals surface area contributed by atoms with Gasteiger partial charge in [-0.15, -0.1) is 0 Å². The Morgan fingerprint density at radius 1 is 1.60 bits per heavy atom. The summed E-state index contributed by atoms with van der Waals surface area (Å²) in [5, 5.41) is 0. The van der Waals surface area contributed by atoms with Crippen molar-refractivity contribution < 1.29 is 9.10 Å². The summed E-state index contributed by atoms with van der Waals surface area (Å²) in [7, 11) is 3.94. The molecule has 5 heavy (non-hydrogen) atoms. The van der Waals surface area contributed by atoms with Crippen molar-refractivity contribution in [3.8, 4) is 0 Å². The van der Waals surface area contributed by atoms with Crippen LogP contribution in [0.2, 0.25) is 0 Å². The van der Waals surface area contributed by atoms with Crippen LogP contribution in [0.1, 0.15) is 0 Å². The topological polar surface area (TPSA) is 34.1 Å². The van der Waals surface area contributed by atoms with Gasteiger partial charge < -0.3 is 0 Å². The van der Waals surface area contributed by atoms with Crippen LogP contribution < -0.4 is 0 Å². The van der Waals surface area contributed by atoms with Gasteiger partial charge in [0.05, 0.1) is 0 Å². The second kappa shape index (κ2) is 1.37. The molecule has 0 atom stereocenters. The molecule has 0 fully saturated rings. The van der Waals surface area contributed by atoms with E-state index in [0.717, 1.165) is 0 Å². The molecule has 0 amide bonds. The molecular formula is ClFO2Te. The van der Waals surface area contributed by atoms with Gasteiger partial charge in [0.15, 0.2) is 0 Å². The summed E-state index contributed by atoms with van der Waals surface area (Å²) in [5.41, 5.74) is 0. The van der Waals surface area contributed by atoms with Gasteiger partial charge in [-0.25, -0.2) is 0 Å². The van der Waals surface area contributed by atoms with E-state index < -0.39 is 17.6 Å². The van der Waals surface area contributed by atoms with E-state index in [4.69, 9.17) is 6.21 Å². The summed E-state index contributed by atoms with van der Waals surface area (Å²) in [6.07, 6.45) is 0. The minimum atomic E-state index is -5.55. The summed E-state index contributed by atoms with van der Waals surface area (Å²) >= 11 is -5.55. The zero-order valence-corrected chi connectivity index (χ0v) is 5.07. The fraction of sp³-hybridized carbons (Fsp3) is 0. The Bertz CT molecular complexity index is 92.8. The monoisotopic (exact) mass is 216 g/mol. The number of halogens is 2. The average Bonchev–Trinajstić information content (AvgIpc) is 0.722. The second-order valence-electron chi connectivity index (χ2n) is 0.378. The molecular weight excluding hydrogens is 214 g/mol. The Morgan fingerprint density at radius 3 is 1.60 bits per heavy atom. The molecule has 0 spiro atoms. The molecule has 2 nitrogen and oxygen atoms in total. The van der Waals surface area contributed by atoms with Crippen LogP contribution in [0.25, 0.3) is 0 Å². The molecule has 0 aromatic rings. The Labute approximate surface area is 36.0 Å². The van der Waals surface area contributed by atoms with Crippen LogP contribution in [0.5, 0.6) is 0 Å². The Morgan fingerprint density at radius 2 is 1.60 bits per heavy atom. The summed E-state index contributed by atoms with van der Waals surface area (Å²) < 4.78 is 28.2. The summed E-state index contributed by atoms with van der Waals surface area (Å²) in [5.74, 6) is 0. The molecule has 0 unspecified atom stereocenters. The van der Waals surface area contributed by atoms with Gasteiger partial charge in [0, 0.05) is 0 Å². The zero-order chi connectivity index (χ0) is 4.50. The maximum absolute atomic E-state index is 10.5. The molecule has 0 aliphatic rings. The van der Waals surface area contributed by atoms with Crippen molar-refractivity contribution in [2.24, 2.45) is 0 Å². The first kappa shape index (κ1) is 5.61. The summed E-state index contributed by atoms with van der Waals surface area (Å²) in [6.45, 7) is 0. The van der Waals surface area contributed by atoms with Gasteiger partial charge in [0.2, 0.25) is 0 Å². The van der Waals surface area contributed by atoms with Crippen molar-refractivity contribution in [1.29, 1.82) is 0 Å². The molecule has 0 saturated carbocycles. The molecule has 0 radical (unpaired) electrons. The van der Waals surface area contributed by atoms with Crippen LogP contribution in [0.4, 0.5) is 2.89 Å². The first-order valence-corrected chi connectivity index (χ1v) is 6.38. The van der Waals surface area contributed by atoms with E-state index in [9.17, 15) is 2.89 Å². The van der Waals surface area contributed by atoms with Crippen LogP contribution in [-0.2, 0) is 6.21 Å². The molecule has 0 saturated heterocycles. The van der Waals surface area contributed by atoms with Gasteiger partial charge in [-0.3, -0.25) is 0 Å². The van der Waals surface area contributed by atoms with E-state index in [0.29, 0.717) is 0 Å². The van der Waals surface area contributed by atoms with Crippen LogP contribution in [0, 0.1) is 0 Å². The SMILES string of the molecule is O=[Te](=O)(F)Cl. The first-order chi connectivity index (χ1) is 2.00. The first-order valence-electron chi connectivity index (χ1n) is 0.642. The van der Waals surface area contributed by atoms with E-state index in [2.05, 4.69) is 8.96 Å². The van der Waals surface area contributed by atoms with Crippen molar-refractivity contribution in [2.45, 2.75) is 0 Å². The Kier molecular flexibility index (Phi) is 1.54. The minimum absolute atomic E-state index is 3.94. The molecule has 0 heterocycles. The zero-order valence-electron chi connectivity index (χ0n) is 1.98. The van der Waals surface area contributed by atoms with Crippen LogP contribution in [0.3, 0.4) is 0 Å². The molecule has 0 aromatic heterocycles. The van der Waals surface area contributed by atoms with Crippen molar-refractivity contribution in [3.63, 3.8) is 0 Å². The van der Waals surface area contributed by atoms with Crippen molar-refractivity contribution in [3.05, 3.63) is 0 Å². The van der Waals surface area contributed by atoms with E-state index in [1.807, 2.05) is 0 Å². The van der Waals surface area contributed by atoms with Gasteiger partial charge in [-0.1, -0.05) is 0 Å². The Balaban J connectivity index is 4.06. The molecule has 0 rings (SSSR count). The third-order valence-electron chi connectivity index (χ3n) is 0. The molecule has 0 N–H and O–H groups in total. The van der Waals surface area contributed by atoms with E-state index >= 15 is 0 Å². The van der Waals surface area contributed by atoms with E-state index in [-0.39, 0.29) is 0 Å². The number of rotatable bonds is 0. The van der Waals surface area contributed by atoms with Crippen molar-refractivity contribution in [2.75, 3.05) is 0 Å². The average molecular weight is 214 g/mol. The molecule has 0 aliphatic heterocycles. The maximum atomic E-state index is 10.5. The van der Waals surface area contributed by atoms with Crippen LogP contribution in [-0.4, -0.2) is 17.6 Å². The van der Waals surface area contributed by atoms with Crippen LogP contribution in [0.15, 0.2) is 0 Å². The Hall–Kier alpha value is 0.610. The molecule has 5 heteroatoms. The fourth-order valence-electron chi connectivity index (χ4n) is 0. The third-order valence-corrected chi connectivity index (χ3v) is 0. The fourth-order valence-corrected chi connectivity index (χ4v) is 0. The molecule has 0 bridgehead atoms. The molecule has 32 valence electrons. The standard InChI is InChI=1S/ClFO2Te/c1-5(2,3)4. The van der Waals surface area contributed by atoms with Gasteiger partial charge in [-0.2, -0.15) is 0 Å². The summed E-state index contributed by atoms with van der Waals surface area (Å²) in [4.78, 5) is 0. The third kappa shape index (κ3) is 84.5. The van der Waals surface area contributed by atoms with Gasteiger partial charge in [0.25, 0.3) is 0 Å². The van der Waals surface area contributed by atoms with Gasteiger partial charge in [0.1, 0.15) is 0 Å². The van der Waals surface area contributed by atoms with Crippen molar-refractivity contribution >= 4 is 26.6 Å². The normalized spacial score (nSPS) is 11.6. The van der Waals surface area contributed by atoms with E-state index in [1.54, 1.807) is 0 Å². The predicted molar refractivity (Wildman–Crippen MR) is 14.1 cm³/mol. The predicted octanol–water partition coefficient (Wildman–Crippen LogP) is 0.491. The number of hydrogen-bond acceptors (Lipinski definition) is 2. The van der Waals surface area contributed by atoms with Crippen LogP contribution >= 0.6 is 8.96 Å². The number of hydrogen-bond donors (Lipinski definition) is 0. The molecule has 0 aliphatic carbocycles. The quantitative estimate of drug-likeness (QED) is 0.550.